The smallest absolute Gasteiger partial charge is 0.137 e. The highest BCUT2D eigenvalue weighted by molar-refractivity contribution is 5.30. The van der Waals surface area contributed by atoms with Crippen molar-refractivity contribution in [3.63, 3.8) is 0 Å². The Hall–Kier alpha value is -1.88. The van der Waals surface area contributed by atoms with Crippen molar-refractivity contribution >= 4 is 0 Å². The van der Waals surface area contributed by atoms with Gasteiger partial charge in [0.25, 0.3) is 0 Å². The maximum absolute atomic E-state index is 5.36. The summed E-state index contributed by atoms with van der Waals surface area (Å²) in [5.41, 5.74) is 1.35. The summed E-state index contributed by atoms with van der Waals surface area (Å²) in [4.78, 5) is 6.56. The maximum Gasteiger partial charge on any atom is 0.137 e. The molecule has 1 saturated heterocycles. The van der Waals surface area contributed by atoms with Gasteiger partial charge in [-0.05, 0) is 37.1 Å². The molecule has 1 aromatic carbocycles. The minimum atomic E-state index is 0.484. The van der Waals surface area contributed by atoms with Gasteiger partial charge in [-0.15, -0.1) is 0 Å². The molecule has 5 heteroatoms. The summed E-state index contributed by atoms with van der Waals surface area (Å²) in [5.74, 6) is 0.939. The van der Waals surface area contributed by atoms with E-state index < -0.39 is 0 Å². The first kappa shape index (κ1) is 14.1. The maximum atomic E-state index is 5.36. The molecule has 0 amide bonds. The van der Waals surface area contributed by atoms with Gasteiger partial charge in [-0.2, -0.15) is 5.10 Å². The molecule has 1 aromatic heterocycles. The molecular weight excluding hydrogens is 264 g/mol. The minimum absolute atomic E-state index is 0.484. The molecule has 0 radical (unpaired) electrons. The van der Waals surface area contributed by atoms with Gasteiger partial charge in [0.05, 0.1) is 13.7 Å². The quantitative estimate of drug-likeness (QED) is 0.847. The number of nitrogens with zero attached hydrogens (tertiary/aromatic N) is 4. The molecule has 0 spiro atoms. The van der Waals surface area contributed by atoms with Crippen LogP contribution in [0.25, 0.3) is 0 Å². The van der Waals surface area contributed by atoms with Crippen LogP contribution in [0, 0.1) is 0 Å². The number of ether oxygens (including phenoxy) is 1. The third kappa shape index (κ3) is 3.42. The highest BCUT2D eigenvalue weighted by Gasteiger charge is 2.23. The number of rotatable bonds is 5. The zero-order valence-corrected chi connectivity index (χ0v) is 12.5. The molecule has 5 nitrogen and oxygen atoms in total. The molecule has 1 aliphatic rings. The van der Waals surface area contributed by atoms with Gasteiger partial charge in [-0.1, -0.05) is 18.6 Å². The van der Waals surface area contributed by atoms with E-state index in [4.69, 9.17) is 4.74 Å². The van der Waals surface area contributed by atoms with Crippen LogP contribution in [-0.4, -0.2) is 39.9 Å². The van der Waals surface area contributed by atoms with Gasteiger partial charge in [0.1, 0.15) is 18.4 Å². The highest BCUT2D eigenvalue weighted by atomic mass is 16.5. The Labute approximate surface area is 125 Å². The van der Waals surface area contributed by atoms with Gasteiger partial charge < -0.3 is 4.74 Å². The second-order valence-electron chi connectivity index (χ2n) is 5.48. The van der Waals surface area contributed by atoms with Crippen LogP contribution in [0.5, 0.6) is 5.75 Å². The van der Waals surface area contributed by atoms with Crippen molar-refractivity contribution < 1.29 is 4.74 Å². The lowest BCUT2D eigenvalue weighted by Crippen LogP contribution is -2.35. The summed E-state index contributed by atoms with van der Waals surface area (Å²) >= 11 is 0. The van der Waals surface area contributed by atoms with Gasteiger partial charge in [0.2, 0.25) is 0 Å². The van der Waals surface area contributed by atoms with Gasteiger partial charge >= 0.3 is 0 Å². The van der Waals surface area contributed by atoms with Crippen LogP contribution in [0.4, 0.5) is 0 Å². The summed E-state index contributed by atoms with van der Waals surface area (Å²) in [6, 6.07) is 8.95. The molecule has 112 valence electrons. The molecule has 2 aromatic rings. The summed E-state index contributed by atoms with van der Waals surface area (Å²) in [7, 11) is 1.72. The first-order chi connectivity index (χ1) is 10.4. The Morgan fingerprint density at radius 3 is 3.05 bits per heavy atom. The van der Waals surface area contributed by atoms with Crippen molar-refractivity contribution in [3.8, 4) is 5.75 Å². The fourth-order valence-corrected chi connectivity index (χ4v) is 3.06. The number of aromatic nitrogens is 3. The minimum Gasteiger partial charge on any atom is -0.497 e. The van der Waals surface area contributed by atoms with Gasteiger partial charge in [0.15, 0.2) is 0 Å². The van der Waals surface area contributed by atoms with E-state index in [1.807, 2.05) is 10.7 Å². The number of piperidine rings is 1. The van der Waals surface area contributed by atoms with Crippen molar-refractivity contribution in [1.82, 2.24) is 19.7 Å². The monoisotopic (exact) mass is 286 g/mol. The van der Waals surface area contributed by atoms with Crippen LogP contribution < -0.4 is 4.74 Å². The molecule has 1 fully saturated rings. The molecule has 1 aliphatic heterocycles. The van der Waals surface area contributed by atoms with E-state index in [1.54, 1.807) is 19.8 Å². The fourth-order valence-electron chi connectivity index (χ4n) is 3.06. The van der Waals surface area contributed by atoms with Crippen molar-refractivity contribution in [2.45, 2.75) is 31.8 Å². The average molecular weight is 286 g/mol. The van der Waals surface area contributed by atoms with Crippen LogP contribution in [0.15, 0.2) is 36.9 Å². The first-order valence-electron chi connectivity index (χ1n) is 7.57. The largest absolute Gasteiger partial charge is 0.497 e. The van der Waals surface area contributed by atoms with Crippen molar-refractivity contribution in [1.29, 1.82) is 0 Å². The SMILES string of the molecule is COc1cccc(C2CCCCN2CCn2cncn2)c1. The molecule has 21 heavy (non-hydrogen) atoms. The van der Waals surface area contributed by atoms with Crippen LogP contribution in [0.3, 0.4) is 0 Å². The molecule has 0 saturated carbocycles. The molecule has 1 unspecified atom stereocenters. The molecular formula is C16H22N4O. The summed E-state index contributed by atoms with van der Waals surface area (Å²) in [6.07, 6.45) is 7.16. The topological polar surface area (TPSA) is 43.2 Å². The van der Waals surface area contributed by atoms with Crippen LogP contribution >= 0.6 is 0 Å². The van der Waals surface area contributed by atoms with Crippen molar-refractivity contribution in [3.05, 3.63) is 42.5 Å². The highest BCUT2D eigenvalue weighted by Crippen LogP contribution is 2.32. The van der Waals surface area contributed by atoms with Crippen LogP contribution in [0.1, 0.15) is 30.9 Å². The Balaban J connectivity index is 1.71. The molecule has 0 N–H and O–H groups in total. The molecule has 0 bridgehead atoms. The zero-order chi connectivity index (χ0) is 14.5. The van der Waals surface area contributed by atoms with Gasteiger partial charge in [-0.3, -0.25) is 9.58 Å². The van der Waals surface area contributed by atoms with Gasteiger partial charge in [0, 0.05) is 12.6 Å². The molecule has 3 rings (SSSR count). The van der Waals surface area contributed by atoms with E-state index in [0.717, 1.165) is 25.4 Å². The Kier molecular flexibility index (Phi) is 4.50. The van der Waals surface area contributed by atoms with Crippen LogP contribution in [-0.2, 0) is 6.54 Å². The van der Waals surface area contributed by atoms with E-state index in [1.165, 1.54) is 24.8 Å². The Morgan fingerprint density at radius 1 is 1.29 bits per heavy atom. The standard InChI is InChI=1S/C16H22N4O/c1-21-15-6-4-5-14(11-15)16-7-2-3-8-19(16)9-10-20-13-17-12-18-20/h4-6,11-13,16H,2-3,7-10H2,1H3. The third-order valence-corrected chi connectivity index (χ3v) is 4.18. The van der Waals surface area contributed by atoms with Crippen molar-refractivity contribution in [2.24, 2.45) is 0 Å². The predicted octanol–water partition coefficient (Wildman–Crippen LogP) is 2.51. The van der Waals surface area contributed by atoms with Crippen molar-refractivity contribution in [2.75, 3.05) is 20.2 Å². The second kappa shape index (κ2) is 6.72. The fraction of sp³-hybridized carbons (Fsp3) is 0.500. The van der Waals surface area contributed by atoms with Gasteiger partial charge in [-0.25, -0.2) is 4.98 Å². The second-order valence-corrected chi connectivity index (χ2v) is 5.48. The van der Waals surface area contributed by atoms with E-state index in [-0.39, 0.29) is 0 Å². The van der Waals surface area contributed by atoms with E-state index in [9.17, 15) is 0 Å². The number of likely N-dealkylation sites (tertiary alicyclic amines) is 1. The Morgan fingerprint density at radius 2 is 2.24 bits per heavy atom. The van der Waals surface area contributed by atoms with E-state index >= 15 is 0 Å². The number of hydrogen-bond donors (Lipinski definition) is 0. The summed E-state index contributed by atoms with van der Waals surface area (Å²) in [6.45, 7) is 3.04. The molecule has 0 aliphatic carbocycles. The van der Waals surface area contributed by atoms with Crippen LogP contribution in [0.2, 0.25) is 0 Å². The summed E-state index contributed by atoms with van der Waals surface area (Å²) < 4.78 is 7.26. The summed E-state index contributed by atoms with van der Waals surface area (Å²) in [5, 5.41) is 4.18. The third-order valence-electron chi connectivity index (χ3n) is 4.18. The van der Waals surface area contributed by atoms with E-state index in [0.29, 0.717) is 6.04 Å². The average Bonchev–Trinajstić information content (AvgIpc) is 3.07. The number of benzene rings is 1. The first-order valence-corrected chi connectivity index (χ1v) is 7.57. The number of hydrogen-bond acceptors (Lipinski definition) is 4. The molecule has 1 atom stereocenters. The lowest BCUT2D eigenvalue weighted by Gasteiger charge is -2.36. The lowest BCUT2D eigenvalue weighted by molar-refractivity contribution is 0.141. The Bertz CT molecular complexity index is 555. The lowest BCUT2D eigenvalue weighted by atomic mass is 9.95. The normalized spacial score (nSPS) is 19.6. The molecule has 2 heterocycles. The zero-order valence-electron chi connectivity index (χ0n) is 12.5. The van der Waals surface area contributed by atoms with E-state index in [2.05, 4.69) is 33.2 Å². The number of methoxy groups -OCH3 is 1. The predicted molar refractivity (Wildman–Crippen MR) is 81.2 cm³/mol.